The van der Waals surface area contributed by atoms with Crippen LogP contribution >= 0.6 is 23.2 Å². The van der Waals surface area contributed by atoms with Gasteiger partial charge in [-0.05, 0) is 24.3 Å². The van der Waals surface area contributed by atoms with Gasteiger partial charge in [0.25, 0.3) is 6.43 Å². The molecule has 0 aliphatic rings. The molecule has 2 aromatic carbocycles. The number of ether oxygens (including phenoxy) is 1. The molecule has 1 heterocycles. The molecule has 1 aromatic heterocycles. The Bertz CT molecular complexity index is 843. The largest absolute Gasteiger partial charge is 0.438 e. The lowest BCUT2D eigenvalue weighted by Crippen LogP contribution is -1.99. The molecular formula is C15H8Cl2F2N2O. The van der Waals surface area contributed by atoms with E-state index in [0.29, 0.717) is 26.7 Å². The molecule has 0 aliphatic carbocycles. The third-order valence-electron chi connectivity index (χ3n) is 2.89. The van der Waals surface area contributed by atoms with E-state index in [2.05, 4.69) is 9.97 Å². The zero-order valence-corrected chi connectivity index (χ0v) is 12.4. The van der Waals surface area contributed by atoms with Crippen LogP contribution in [0.5, 0.6) is 11.6 Å². The Balaban J connectivity index is 2.10. The molecule has 0 saturated carbocycles. The summed E-state index contributed by atoms with van der Waals surface area (Å²) in [4.78, 5) is 7.61. The summed E-state index contributed by atoms with van der Waals surface area (Å²) in [6, 6.07) is 11.4. The number of para-hydroxylation sites is 1. The maximum atomic E-state index is 12.9. The first kappa shape index (κ1) is 14.9. The first-order valence-electron chi connectivity index (χ1n) is 6.22. The lowest BCUT2D eigenvalue weighted by molar-refractivity contribution is 0.140. The van der Waals surface area contributed by atoms with Gasteiger partial charge in [0.1, 0.15) is 5.75 Å². The van der Waals surface area contributed by atoms with Crippen molar-refractivity contribution in [3.63, 3.8) is 0 Å². The normalized spacial score (nSPS) is 11.1. The van der Waals surface area contributed by atoms with Crippen molar-refractivity contribution in [2.45, 2.75) is 6.43 Å². The molecule has 0 saturated heterocycles. The third-order valence-corrected chi connectivity index (χ3v) is 3.63. The van der Waals surface area contributed by atoms with E-state index in [0.717, 1.165) is 0 Å². The molecular weight excluding hydrogens is 333 g/mol. The van der Waals surface area contributed by atoms with Gasteiger partial charge in [0.05, 0.1) is 20.9 Å². The second kappa shape index (κ2) is 6.02. The Hall–Kier alpha value is -1.98. The van der Waals surface area contributed by atoms with E-state index in [1.54, 1.807) is 36.4 Å². The Labute approximate surface area is 134 Å². The molecule has 0 unspecified atom stereocenters. The lowest BCUT2D eigenvalue weighted by Gasteiger charge is -2.10. The van der Waals surface area contributed by atoms with Crippen molar-refractivity contribution in [2.24, 2.45) is 0 Å². The second-order valence-corrected chi connectivity index (χ2v) is 5.20. The van der Waals surface area contributed by atoms with Crippen LogP contribution in [0.25, 0.3) is 10.9 Å². The second-order valence-electron chi connectivity index (χ2n) is 4.38. The van der Waals surface area contributed by atoms with E-state index in [1.165, 1.54) is 6.07 Å². The number of rotatable bonds is 3. The maximum absolute atomic E-state index is 12.9. The summed E-state index contributed by atoms with van der Waals surface area (Å²) in [6.45, 7) is 0. The minimum absolute atomic E-state index is 0.0410. The summed E-state index contributed by atoms with van der Waals surface area (Å²) in [6.07, 6.45) is -2.79. The first-order chi connectivity index (χ1) is 10.5. The monoisotopic (exact) mass is 340 g/mol. The lowest BCUT2D eigenvalue weighted by atomic mass is 10.2. The maximum Gasteiger partial charge on any atom is 0.297 e. The van der Waals surface area contributed by atoms with Gasteiger partial charge < -0.3 is 4.74 Å². The first-order valence-corrected chi connectivity index (χ1v) is 6.98. The van der Waals surface area contributed by atoms with Crippen molar-refractivity contribution in [3.8, 4) is 11.6 Å². The Morgan fingerprint density at radius 3 is 2.45 bits per heavy atom. The fourth-order valence-corrected chi connectivity index (χ4v) is 2.18. The summed E-state index contributed by atoms with van der Waals surface area (Å²) < 4.78 is 31.4. The molecule has 0 spiro atoms. The molecule has 0 bridgehead atoms. The summed E-state index contributed by atoms with van der Waals surface area (Å²) in [5, 5.41) is 1.19. The van der Waals surface area contributed by atoms with Crippen LogP contribution in [0.3, 0.4) is 0 Å². The predicted octanol–water partition coefficient (Wildman–Crippen LogP) is 5.67. The highest BCUT2D eigenvalue weighted by Crippen LogP contribution is 2.32. The van der Waals surface area contributed by atoms with E-state index < -0.39 is 12.2 Å². The number of hydrogen-bond acceptors (Lipinski definition) is 3. The molecule has 7 heteroatoms. The summed E-state index contributed by atoms with van der Waals surface area (Å²) in [7, 11) is 0. The number of halogens is 4. The predicted molar refractivity (Wildman–Crippen MR) is 81.0 cm³/mol. The Morgan fingerprint density at radius 1 is 0.955 bits per heavy atom. The van der Waals surface area contributed by atoms with Crippen LogP contribution in [0.15, 0.2) is 42.5 Å². The van der Waals surface area contributed by atoms with Crippen molar-refractivity contribution in [3.05, 3.63) is 58.3 Å². The average Bonchev–Trinajstić information content (AvgIpc) is 2.50. The minimum Gasteiger partial charge on any atom is -0.438 e. The van der Waals surface area contributed by atoms with E-state index in [9.17, 15) is 8.78 Å². The average molecular weight is 341 g/mol. The zero-order valence-electron chi connectivity index (χ0n) is 10.9. The highest BCUT2D eigenvalue weighted by molar-refractivity contribution is 6.42. The molecule has 0 fully saturated rings. The van der Waals surface area contributed by atoms with Crippen LogP contribution in [-0.4, -0.2) is 9.97 Å². The van der Waals surface area contributed by atoms with Crippen LogP contribution in [0.2, 0.25) is 10.0 Å². The topological polar surface area (TPSA) is 35.0 Å². The van der Waals surface area contributed by atoms with Crippen LogP contribution in [-0.2, 0) is 0 Å². The molecule has 0 N–H and O–H groups in total. The van der Waals surface area contributed by atoms with Crippen molar-refractivity contribution >= 4 is 34.1 Å². The molecule has 0 atom stereocenters. The fraction of sp³-hybridized carbons (Fsp3) is 0.0667. The van der Waals surface area contributed by atoms with Crippen LogP contribution in [0.1, 0.15) is 12.2 Å². The van der Waals surface area contributed by atoms with Gasteiger partial charge >= 0.3 is 0 Å². The van der Waals surface area contributed by atoms with Crippen LogP contribution in [0.4, 0.5) is 8.78 Å². The van der Waals surface area contributed by atoms with Crippen molar-refractivity contribution < 1.29 is 13.5 Å². The van der Waals surface area contributed by atoms with E-state index in [1.807, 2.05) is 0 Å². The van der Waals surface area contributed by atoms with Crippen molar-refractivity contribution in [1.82, 2.24) is 9.97 Å². The smallest absolute Gasteiger partial charge is 0.297 e. The number of benzene rings is 2. The number of nitrogens with zero attached hydrogens (tertiary/aromatic N) is 2. The van der Waals surface area contributed by atoms with Gasteiger partial charge in [-0.3, -0.25) is 0 Å². The standard InChI is InChI=1S/C15H8Cl2F2N2O/c16-10-6-5-8(7-11(10)17)22-15-9-3-1-2-4-12(9)20-14(21-15)13(18)19/h1-7,13H. The quantitative estimate of drug-likeness (QED) is 0.616. The van der Waals surface area contributed by atoms with Gasteiger partial charge in [0, 0.05) is 6.07 Å². The number of fused-ring (bicyclic) bond motifs is 1. The number of alkyl halides is 2. The molecule has 0 radical (unpaired) electrons. The van der Waals surface area contributed by atoms with E-state index >= 15 is 0 Å². The highest BCUT2D eigenvalue weighted by atomic mass is 35.5. The van der Waals surface area contributed by atoms with Gasteiger partial charge in [-0.25, -0.2) is 13.8 Å². The number of aromatic nitrogens is 2. The summed E-state index contributed by atoms with van der Waals surface area (Å²) in [5.41, 5.74) is 0.378. The van der Waals surface area contributed by atoms with Gasteiger partial charge in [-0.2, -0.15) is 4.98 Å². The molecule has 3 nitrogen and oxygen atoms in total. The van der Waals surface area contributed by atoms with E-state index in [-0.39, 0.29) is 5.88 Å². The van der Waals surface area contributed by atoms with Crippen LogP contribution in [0, 0.1) is 0 Å². The zero-order chi connectivity index (χ0) is 15.7. The molecule has 3 aromatic rings. The Morgan fingerprint density at radius 2 is 1.73 bits per heavy atom. The molecule has 112 valence electrons. The number of hydrogen-bond donors (Lipinski definition) is 0. The molecule has 3 rings (SSSR count). The van der Waals surface area contributed by atoms with Gasteiger partial charge in [0.15, 0.2) is 5.82 Å². The summed E-state index contributed by atoms with van der Waals surface area (Å²) >= 11 is 11.7. The minimum atomic E-state index is -2.79. The van der Waals surface area contributed by atoms with Gasteiger partial charge in [-0.1, -0.05) is 35.3 Å². The molecule has 0 amide bonds. The Kier molecular flexibility index (Phi) is 4.09. The molecule has 0 aliphatic heterocycles. The van der Waals surface area contributed by atoms with Crippen molar-refractivity contribution in [1.29, 1.82) is 0 Å². The highest BCUT2D eigenvalue weighted by Gasteiger charge is 2.16. The van der Waals surface area contributed by atoms with Crippen LogP contribution < -0.4 is 4.74 Å². The third kappa shape index (κ3) is 2.96. The fourth-order valence-electron chi connectivity index (χ4n) is 1.89. The van der Waals surface area contributed by atoms with Gasteiger partial charge in [0.2, 0.25) is 5.88 Å². The van der Waals surface area contributed by atoms with Gasteiger partial charge in [-0.15, -0.1) is 0 Å². The van der Waals surface area contributed by atoms with E-state index in [4.69, 9.17) is 27.9 Å². The van der Waals surface area contributed by atoms with Crippen molar-refractivity contribution in [2.75, 3.05) is 0 Å². The molecule has 22 heavy (non-hydrogen) atoms. The summed E-state index contributed by atoms with van der Waals surface area (Å²) in [5.74, 6) is -0.202. The SMILES string of the molecule is FC(F)c1nc(Oc2ccc(Cl)c(Cl)c2)c2ccccc2n1.